The average Bonchev–Trinajstić information content (AvgIpc) is 3.21. The van der Waals surface area contributed by atoms with Gasteiger partial charge in [-0.1, -0.05) is 0 Å². The van der Waals surface area contributed by atoms with Crippen LogP contribution < -0.4 is 15.1 Å². The predicted octanol–water partition coefficient (Wildman–Crippen LogP) is 2.83. The van der Waals surface area contributed by atoms with E-state index in [9.17, 15) is 4.79 Å². The summed E-state index contributed by atoms with van der Waals surface area (Å²) in [6.07, 6.45) is 0.954. The summed E-state index contributed by atoms with van der Waals surface area (Å²) in [5, 5.41) is 3.12. The minimum atomic E-state index is -0.0610. The fourth-order valence-corrected chi connectivity index (χ4v) is 4.23. The van der Waals surface area contributed by atoms with Gasteiger partial charge in [-0.3, -0.25) is 10.2 Å². The maximum Gasteiger partial charge on any atom is 0.265 e. The number of carbonyl (C=O) groups is 1. The third kappa shape index (κ3) is 3.94. The van der Waals surface area contributed by atoms with Crippen LogP contribution in [0.2, 0.25) is 0 Å². The summed E-state index contributed by atoms with van der Waals surface area (Å²) in [7, 11) is 3.77. The second-order valence-electron chi connectivity index (χ2n) is 8.21. The number of fused-ring (bicyclic) bond motifs is 2. The van der Waals surface area contributed by atoms with Crippen LogP contribution in [0.25, 0.3) is 10.9 Å². The molecule has 2 aliphatic rings. The Morgan fingerprint density at radius 1 is 1.00 bits per heavy atom. The first kappa shape index (κ1) is 19.8. The Labute approximate surface area is 182 Å². The molecule has 7 heteroatoms. The number of amides is 1. The number of nitrogens with zero attached hydrogens (tertiary/aromatic N) is 4. The third-order valence-corrected chi connectivity index (χ3v) is 6.15. The minimum Gasteiger partial charge on any atom is -0.497 e. The van der Waals surface area contributed by atoms with Gasteiger partial charge in [0.05, 0.1) is 12.6 Å². The second-order valence-corrected chi connectivity index (χ2v) is 8.21. The van der Waals surface area contributed by atoms with E-state index in [0.717, 1.165) is 67.3 Å². The first-order chi connectivity index (χ1) is 15.1. The summed E-state index contributed by atoms with van der Waals surface area (Å²) in [5.41, 5.74) is 6.90. The smallest absolute Gasteiger partial charge is 0.265 e. The van der Waals surface area contributed by atoms with Gasteiger partial charge < -0.3 is 14.5 Å². The van der Waals surface area contributed by atoms with E-state index in [1.807, 2.05) is 41.4 Å². The normalized spacial score (nSPS) is 17.0. The third-order valence-electron chi connectivity index (χ3n) is 6.15. The van der Waals surface area contributed by atoms with Gasteiger partial charge in [-0.05, 0) is 61.5 Å². The molecule has 1 N–H and O–H groups in total. The van der Waals surface area contributed by atoms with E-state index >= 15 is 0 Å². The molecule has 0 spiro atoms. The van der Waals surface area contributed by atoms with Crippen molar-refractivity contribution in [1.29, 1.82) is 0 Å². The van der Waals surface area contributed by atoms with Crippen LogP contribution in [0.3, 0.4) is 0 Å². The Morgan fingerprint density at radius 3 is 2.52 bits per heavy atom. The number of hydrogen-bond donors (Lipinski definition) is 1. The number of ether oxygens (including phenoxy) is 1. The Bertz CT molecular complexity index is 1110. The highest BCUT2D eigenvalue weighted by molar-refractivity contribution is 5.94. The van der Waals surface area contributed by atoms with Crippen LogP contribution in [-0.4, -0.2) is 67.7 Å². The molecule has 160 valence electrons. The van der Waals surface area contributed by atoms with Crippen molar-refractivity contribution in [3.63, 3.8) is 0 Å². The molecule has 0 saturated carbocycles. The maximum absolute atomic E-state index is 12.6. The fourth-order valence-electron chi connectivity index (χ4n) is 4.23. The predicted molar refractivity (Wildman–Crippen MR) is 122 cm³/mol. The van der Waals surface area contributed by atoms with Gasteiger partial charge >= 0.3 is 0 Å². The molecule has 5 rings (SSSR count). The maximum atomic E-state index is 12.6. The van der Waals surface area contributed by atoms with Gasteiger partial charge in [0.15, 0.2) is 0 Å². The van der Waals surface area contributed by atoms with Gasteiger partial charge in [0.25, 0.3) is 5.91 Å². The number of carbonyl (C=O) groups excluding carboxylic acids is 1. The molecule has 3 heterocycles. The zero-order valence-electron chi connectivity index (χ0n) is 18.0. The first-order valence-corrected chi connectivity index (χ1v) is 10.7. The van der Waals surface area contributed by atoms with Crippen molar-refractivity contribution < 1.29 is 9.53 Å². The summed E-state index contributed by atoms with van der Waals surface area (Å²) in [6, 6.07) is 16.0. The molecule has 0 radical (unpaired) electrons. The molecule has 0 aliphatic carbocycles. The molecular weight excluding hydrogens is 390 g/mol. The molecule has 7 nitrogen and oxygen atoms in total. The number of benzene rings is 2. The van der Waals surface area contributed by atoms with Crippen LogP contribution >= 0.6 is 0 Å². The van der Waals surface area contributed by atoms with Crippen LogP contribution in [0.15, 0.2) is 48.5 Å². The summed E-state index contributed by atoms with van der Waals surface area (Å²) in [6.45, 7) is 4.48. The molecular formula is C24H27N5O2. The van der Waals surface area contributed by atoms with E-state index in [2.05, 4.69) is 34.4 Å². The molecule has 1 aromatic heterocycles. The standard InChI is InChI=1S/C24H27N5O2/c1-27-11-13-28(14-12-27)26-24(30)17-3-6-20(7-4-17)29-10-9-19-15-18-5-8-21(31-2)16-22(18)25-23(19)29/h3-8,15-16H,9-14H2,1-2H3,(H,26,30). The minimum absolute atomic E-state index is 0.0610. The van der Waals surface area contributed by atoms with E-state index in [1.54, 1.807) is 7.11 Å². The molecule has 31 heavy (non-hydrogen) atoms. The molecule has 1 fully saturated rings. The zero-order valence-corrected chi connectivity index (χ0v) is 18.0. The van der Waals surface area contributed by atoms with Gasteiger partial charge in [-0.2, -0.15) is 0 Å². The summed E-state index contributed by atoms with van der Waals surface area (Å²) in [4.78, 5) is 22.0. The average molecular weight is 418 g/mol. The lowest BCUT2D eigenvalue weighted by Crippen LogP contribution is -2.52. The van der Waals surface area contributed by atoms with Gasteiger partial charge in [0.1, 0.15) is 11.6 Å². The highest BCUT2D eigenvalue weighted by atomic mass is 16.5. The molecule has 0 atom stereocenters. The van der Waals surface area contributed by atoms with Crippen molar-refractivity contribution in [2.24, 2.45) is 0 Å². The van der Waals surface area contributed by atoms with Crippen molar-refractivity contribution in [3.8, 4) is 5.75 Å². The Balaban J connectivity index is 1.34. The number of anilines is 2. The molecule has 2 aromatic carbocycles. The highest BCUT2D eigenvalue weighted by Crippen LogP contribution is 2.35. The van der Waals surface area contributed by atoms with E-state index < -0.39 is 0 Å². The monoisotopic (exact) mass is 417 g/mol. The van der Waals surface area contributed by atoms with Crippen LogP contribution in [0.4, 0.5) is 11.5 Å². The van der Waals surface area contributed by atoms with Crippen molar-refractivity contribution in [2.45, 2.75) is 6.42 Å². The number of piperazine rings is 1. The molecule has 1 amide bonds. The van der Waals surface area contributed by atoms with E-state index in [0.29, 0.717) is 5.56 Å². The van der Waals surface area contributed by atoms with E-state index in [1.165, 1.54) is 5.56 Å². The van der Waals surface area contributed by atoms with E-state index in [-0.39, 0.29) is 5.91 Å². The van der Waals surface area contributed by atoms with Gasteiger partial charge in [-0.25, -0.2) is 9.99 Å². The van der Waals surface area contributed by atoms with Crippen LogP contribution in [-0.2, 0) is 6.42 Å². The number of nitrogens with one attached hydrogen (secondary N) is 1. The van der Waals surface area contributed by atoms with Crippen molar-refractivity contribution in [1.82, 2.24) is 20.3 Å². The number of methoxy groups -OCH3 is 1. The second kappa shape index (κ2) is 8.17. The van der Waals surface area contributed by atoms with Gasteiger partial charge in [0.2, 0.25) is 0 Å². The zero-order chi connectivity index (χ0) is 21.4. The largest absolute Gasteiger partial charge is 0.497 e. The number of pyridine rings is 1. The van der Waals surface area contributed by atoms with Crippen LogP contribution in [0.1, 0.15) is 15.9 Å². The quantitative estimate of drug-likeness (QED) is 0.705. The summed E-state index contributed by atoms with van der Waals surface area (Å²) < 4.78 is 5.35. The number of likely N-dealkylation sites (N-methyl/N-ethyl adjacent to an activating group) is 1. The molecule has 2 aliphatic heterocycles. The van der Waals surface area contributed by atoms with Crippen LogP contribution in [0.5, 0.6) is 5.75 Å². The molecule has 0 unspecified atom stereocenters. The van der Waals surface area contributed by atoms with Crippen molar-refractivity contribution >= 4 is 28.3 Å². The summed E-state index contributed by atoms with van der Waals surface area (Å²) >= 11 is 0. The fraction of sp³-hybridized carbons (Fsp3) is 0.333. The number of hydrogen-bond acceptors (Lipinski definition) is 6. The molecule has 3 aromatic rings. The van der Waals surface area contributed by atoms with E-state index in [4.69, 9.17) is 9.72 Å². The Morgan fingerprint density at radius 2 is 1.77 bits per heavy atom. The molecule has 0 bridgehead atoms. The summed E-state index contributed by atoms with van der Waals surface area (Å²) in [5.74, 6) is 1.73. The van der Waals surface area contributed by atoms with Gasteiger partial charge in [0, 0.05) is 55.4 Å². The number of rotatable bonds is 4. The van der Waals surface area contributed by atoms with Crippen molar-refractivity contribution in [2.75, 3.05) is 51.8 Å². The van der Waals surface area contributed by atoms with Gasteiger partial charge in [-0.15, -0.1) is 0 Å². The van der Waals surface area contributed by atoms with Crippen LogP contribution in [0, 0.1) is 0 Å². The lowest BCUT2D eigenvalue weighted by molar-refractivity contribution is 0.0662. The van der Waals surface area contributed by atoms with Crippen molar-refractivity contribution in [3.05, 3.63) is 59.7 Å². The lowest BCUT2D eigenvalue weighted by atomic mass is 10.1. The first-order valence-electron chi connectivity index (χ1n) is 10.7. The molecule has 1 saturated heterocycles. The highest BCUT2D eigenvalue weighted by Gasteiger charge is 2.23. The number of hydrazine groups is 1. The Hall–Kier alpha value is -3.16. The SMILES string of the molecule is COc1ccc2cc3c(nc2c1)N(c1ccc(C(=O)NN2CCN(C)CC2)cc1)CC3. The Kier molecular flexibility index (Phi) is 5.21. The lowest BCUT2D eigenvalue weighted by Gasteiger charge is -2.32. The number of aromatic nitrogens is 1. The topological polar surface area (TPSA) is 60.9 Å².